The van der Waals surface area contributed by atoms with Gasteiger partial charge in [-0.25, -0.2) is 0 Å². The molecule has 0 saturated carbocycles. The first-order valence-electron chi connectivity index (χ1n) is 5.25. The molecule has 1 amide bonds. The minimum Gasteiger partial charge on any atom is -0.352 e. The number of benzene rings is 1. The number of nitrogens with one attached hydrogen (secondary N) is 1. The van der Waals surface area contributed by atoms with Crippen LogP contribution in [-0.2, 0) is 4.79 Å². The largest absolute Gasteiger partial charge is 0.352 e. The molecule has 0 unspecified atom stereocenters. The van der Waals surface area contributed by atoms with Crippen molar-refractivity contribution in [2.75, 3.05) is 6.54 Å². The van der Waals surface area contributed by atoms with Gasteiger partial charge in [-0.2, -0.15) is 0 Å². The maximum atomic E-state index is 11.5. The number of hydrogen-bond donors (Lipinski definition) is 1. The molecule has 0 aromatic heterocycles. The molecule has 0 spiro atoms. The third-order valence-corrected chi connectivity index (χ3v) is 2.08. The summed E-state index contributed by atoms with van der Waals surface area (Å²) in [6, 6.07) is 9.85. The van der Waals surface area contributed by atoms with Gasteiger partial charge in [0.2, 0.25) is 5.91 Å². The molecule has 1 aromatic carbocycles. The monoisotopic (exact) mass is 203 g/mol. The van der Waals surface area contributed by atoms with Gasteiger partial charge in [-0.1, -0.05) is 37.3 Å². The van der Waals surface area contributed by atoms with Crippen LogP contribution in [0.5, 0.6) is 0 Å². The van der Waals surface area contributed by atoms with Gasteiger partial charge in [0.1, 0.15) is 0 Å². The van der Waals surface area contributed by atoms with Crippen LogP contribution in [-0.4, -0.2) is 12.5 Å². The van der Waals surface area contributed by atoms with Gasteiger partial charge in [0.25, 0.3) is 0 Å². The molecular formula is C13H17NO. The van der Waals surface area contributed by atoms with Crippen molar-refractivity contribution in [3.05, 3.63) is 41.5 Å². The maximum absolute atomic E-state index is 11.5. The SMILES string of the molecule is CCCNC(=O)C(C)=Cc1ccccc1. The van der Waals surface area contributed by atoms with Crippen LogP contribution < -0.4 is 5.32 Å². The van der Waals surface area contributed by atoms with E-state index in [1.54, 1.807) is 0 Å². The summed E-state index contributed by atoms with van der Waals surface area (Å²) < 4.78 is 0. The summed E-state index contributed by atoms with van der Waals surface area (Å²) >= 11 is 0. The van der Waals surface area contributed by atoms with E-state index >= 15 is 0 Å². The van der Waals surface area contributed by atoms with Crippen LogP contribution in [0.15, 0.2) is 35.9 Å². The van der Waals surface area contributed by atoms with E-state index in [-0.39, 0.29) is 5.91 Å². The van der Waals surface area contributed by atoms with Crippen molar-refractivity contribution >= 4 is 12.0 Å². The quantitative estimate of drug-likeness (QED) is 0.749. The van der Waals surface area contributed by atoms with Crippen molar-refractivity contribution in [1.29, 1.82) is 0 Å². The van der Waals surface area contributed by atoms with Crippen LogP contribution in [0.1, 0.15) is 25.8 Å². The Bertz CT molecular complexity index is 341. The van der Waals surface area contributed by atoms with Gasteiger partial charge in [-0.3, -0.25) is 4.79 Å². The third-order valence-electron chi connectivity index (χ3n) is 2.08. The van der Waals surface area contributed by atoms with E-state index in [0.717, 1.165) is 24.1 Å². The molecule has 15 heavy (non-hydrogen) atoms. The van der Waals surface area contributed by atoms with E-state index in [1.165, 1.54) is 0 Å². The molecule has 0 aliphatic carbocycles. The second kappa shape index (κ2) is 6.02. The van der Waals surface area contributed by atoms with Crippen molar-refractivity contribution in [2.45, 2.75) is 20.3 Å². The Morgan fingerprint density at radius 1 is 1.33 bits per heavy atom. The number of amides is 1. The van der Waals surface area contributed by atoms with Crippen LogP contribution in [0.2, 0.25) is 0 Å². The number of carbonyl (C=O) groups excluding carboxylic acids is 1. The van der Waals surface area contributed by atoms with E-state index < -0.39 is 0 Å². The lowest BCUT2D eigenvalue weighted by Crippen LogP contribution is -2.24. The molecule has 2 heteroatoms. The predicted molar refractivity (Wildman–Crippen MR) is 63.4 cm³/mol. The van der Waals surface area contributed by atoms with Crippen LogP contribution in [0.4, 0.5) is 0 Å². The lowest BCUT2D eigenvalue weighted by atomic mass is 10.1. The molecule has 2 nitrogen and oxygen atoms in total. The molecular weight excluding hydrogens is 186 g/mol. The molecule has 0 aliphatic heterocycles. The van der Waals surface area contributed by atoms with Crippen LogP contribution >= 0.6 is 0 Å². The molecule has 80 valence electrons. The lowest BCUT2D eigenvalue weighted by molar-refractivity contribution is -0.117. The van der Waals surface area contributed by atoms with Crippen molar-refractivity contribution in [1.82, 2.24) is 5.32 Å². The van der Waals surface area contributed by atoms with E-state index in [2.05, 4.69) is 5.32 Å². The van der Waals surface area contributed by atoms with Crippen molar-refractivity contribution in [3.63, 3.8) is 0 Å². The summed E-state index contributed by atoms with van der Waals surface area (Å²) in [6.07, 6.45) is 2.86. The Hall–Kier alpha value is -1.57. The van der Waals surface area contributed by atoms with Gasteiger partial charge in [0.05, 0.1) is 0 Å². The van der Waals surface area contributed by atoms with Gasteiger partial charge in [-0.15, -0.1) is 0 Å². The van der Waals surface area contributed by atoms with E-state index in [4.69, 9.17) is 0 Å². The molecule has 0 aliphatic rings. The molecule has 0 bridgehead atoms. The second-order valence-corrected chi connectivity index (χ2v) is 3.49. The average Bonchev–Trinajstić information content (AvgIpc) is 2.27. The summed E-state index contributed by atoms with van der Waals surface area (Å²) in [6.45, 7) is 4.60. The van der Waals surface area contributed by atoms with Gasteiger partial charge < -0.3 is 5.32 Å². The molecule has 0 radical (unpaired) electrons. The predicted octanol–water partition coefficient (Wildman–Crippen LogP) is 2.62. The Kier molecular flexibility index (Phi) is 4.61. The minimum absolute atomic E-state index is 0.0145. The first kappa shape index (κ1) is 11.5. The molecule has 0 atom stereocenters. The highest BCUT2D eigenvalue weighted by Crippen LogP contribution is 2.05. The second-order valence-electron chi connectivity index (χ2n) is 3.49. The Balaban J connectivity index is 2.63. The minimum atomic E-state index is 0.0145. The van der Waals surface area contributed by atoms with Crippen LogP contribution in [0.25, 0.3) is 6.08 Å². The highest BCUT2D eigenvalue weighted by atomic mass is 16.1. The highest BCUT2D eigenvalue weighted by molar-refractivity contribution is 5.97. The van der Waals surface area contributed by atoms with Crippen molar-refractivity contribution in [3.8, 4) is 0 Å². The fourth-order valence-corrected chi connectivity index (χ4v) is 1.24. The van der Waals surface area contributed by atoms with Crippen molar-refractivity contribution < 1.29 is 4.79 Å². The fraction of sp³-hybridized carbons (Fsp3) is 0.308. The lowest BCUT2D eigenvalue weighted by Gasteiger charge is -2.03. The zero-order chi connectivity index (χ0) is 11.1. The molecule has 1 aromatic rings. The number of carbonyl (C=O) groups is 1. The summed E-state index contributed by atoms with van der Waals surface area (Å²) in [4.78, 5) is 11.5. The molecule has 1 N–H and O–H groups in total. The number of hydrogen-bond acceptors (Lipinski definition) is 1. The molecule has 0 heterocycles. The fourth-order valence-electron chi connectivity index (χ4n) is 1.24. The maximum Gasteiger partial charge on any atom is 0.246 e. The van der Waals surface area contributed by atoms with Gasteiger partial charge in [0.15, 0.2) is 0 Å². The summed E-state index contributed by atoms with van der Waals surface area (Å²) in [5.41, 5.74) is 1.80. The zero-order valence-electron chi connectivity index (χ0n) is 9.29. The van der Waals surface area contributed by atoms with Gasteiger partial charge in [0, 0.05) is 12.1 Å². The van der Waals surface area contributed by atoms with Gasteiger partial charge >= 0.3 is 0 Å². The first-order chi connectivity index (χ1) is 7.24. The van der Waals surface area contributed by atoms with Crippen molar-refractivity contribution in [2.24, 2.45) is 0 Å². The Morgan fingerprint density at radius 2 is 2.00 bits per heavy atom. The highest BCUT2D eigenvalue weighted by Gasteiger charge is 2.01. The summed E-state index contributed by atoms with van der Waals surface area (Å²) in [5, 5.41) is 2.85. The molecule has 1 rings (SSSR count). The average molecular weight is 203 g/mol. The smallest absolute Gasteiger partial charge is 0.246 e. The van der Waals surface area contributed by atoms with E-state index in [0.29, 0.717) is 0 Å². The van der Waals surface area contributed by atoms with Crippen LogP contribution in [0, 0.1) is 0 Å². The standard InChI is InChI=1S/C13H17NO/c1-3-9-14-13(15)11(2)10-12-7-5-4-6-8-12/h4-8,10H,3,9H2,1-2H3,(H,14,15). The summed E-state index contributed by atoms with van der Waals surface area (Å²) in [7, 11) is 0. The zero-order valence-corrected chi connectivity index (χ0v) is 9.29. The topological polar surface area (TPSA) is 29.1 Å². The molecule has 0 saturated heterocycles. The van der Waals surface area contributed by atoms with E-state index in [1.807, 2.05) is 50.3 Å². The molecule has 0 fully saturated rings. The van der Waals surface area contributed by atoms with E-state index in [9.17, 15) is 4.79 Å². The Morgan fingerprint density at radius 3 is 2.60 bits per heavy atom. The van der Waals surface area contributed by atoms with Gasteiger partial charge in [-0.05, 0) is 25.0 Å². The van der Waals surface area contributed by atoms with Crippen LogP contribution in [0.3, 0.4) is 0 Å². The number of rotatable bonds is 4. The Labute approximate surface area is 91.0 Å². The normalized spacial score (nSPS) is 11.2. The summed E-state index contributed by atoms with van der Waals surface area (Å²) in [5.74, 6) is 0.0145. The third kappa shape index (κ3) is 3.98. The first-order valence-corrected chi connectivity index (χ1v) is 5.25.